The zero-order chi connectivity index (χ0) is 17.2. The summed E-state index contributed by atoms with van der Waals surface area (Å²) in [6.07, 6.45) is -1.58. The van der Waals surface area contributed by atoms with Gasteiger partial charge in [-0.25, -0.2) is 9.78 Å². The zero-order valence-electron chi connectivity index (χ0n) is 13.5. The molecule has 0 aliphatic carbocycles. The summed E-state index contributed by atoms with van der Waals surface area (Å²) in [5, 5.41) is 0. The third-order valence-corrected chi connectivity index (χ3v) is 4.03. The highest BCUT2D eigenvalue weighted by Gasteiger charge is 2.32. The van der Waals surface area contributed by atoms with Crippen LogP contribution in [0.5, 0.6) is 0 Å². The van der Waals surface area contributed by atoms with Crippen LogP contribution in [0.15, 0.2) is 18.3 Å². The lowest BCUT2D eigenvalue weighted by molar-refractivity contribution is -0.137. The van der Waals surface area contributed by atoms with Crippen molar-refractivity contribution < 1.29 is 18.0 Å². The number of anilines is 1. The Hall–Kier alpha value is -1.99. The maximum atomic E-state index is 12.8. The summed E-state index contributed by atoms with van der Waals surface area (Å²) >= 11 is 0. The smallest absolute Gasteiger partial charge is 0.355 e. The molecule has 0 aromatic carbocycles. The number of halogens is 3. The van der Waals surface area contributed by atoms with Gasteiger partial charge in [0.05, 0.1) is 11.6 Å². The Bertz CT molecular complexity index is 562. The molecule has 5 nitrogen and oxygen atoms in total. The van der Waals surface area contributed by atoms with E-state index in [0.717, 1.165) is 25.0 Å². The highest BCUT2D eigenvalue weighted by molar-refractivity contribution is 5.74. The van der Waals surface area contributed by atoms with Gasteiger partial charge in [-0.1, -0.05) is 0 Å². The van der Waals surface area contributed by atoms with Crippen LogP contribution in [0, 0.1) is 0 Å². The van der Waals surface area contributed by atoms with Crippen LogP contribution in [0.1, 0.15) is 18.4 Å². The fourth-order valence-corrected chi connectivity index (χ4v) is 2.72. The van der Waals surface area contributed by atoms with Crippen LogP contribution in [-0.2, 0) is 6.18 Å². The molecule has 2 amide bonds. The maximum Gasteiger partial charge on any atom is 0.416 e. The number of carbonyl (C=O) groups is 1. The highest BCUT2D eigenvalue weighted by Crippen LogP contribution is 2.31. The third kappa shape index (κ3) is 4.05. The molecular weight excluding hydrogens is 309 g/mol. The van der Waals surface area contributed by atoms with Gasteiger partial charge in [0.25, 0.3) is 0 Å². The monoisotopic (exact) mass is 330 g/mol. The maximum absolute atomic E-state index is 12.8. The fourth-order valence-electron chi connectivity index (χ4n) is 2.72. The van der Waals surface area contributed by atoms with E-state index in [1.54, 1.807) is 26.0 Å². The van der Waals surface area contributed by atoms with E-state index in [1.165, 1.54) is 11.1 Å². The summed E-state index contributed by atoms with van der Waals surface area (Å²) in [6, 6.07) is 1.87. The molecule has 0 spiro atoms. The predicted octanol–water partition coefficient (Wildman–Crippen LogP) is 2.68. The molecule has 2 rings (SSSR count). The molecule has 23 heavy (non-hydrogen) atoms. The Morgan fingerprint density at radius 2 is 2.04 bits per heavy atom. The minimum atomic E-state index is -4.38. The van der Waals surface area contributed by atoms with E-state index in [4.69, 9.17) is 0 Å². The minimum absolute atomic E-state index is 0.0463. The van der Waals surface area contributed by atoms with Gasteiger partial charge in [-0.15, -0.1) is 0 Å². The molecule has 1 saturated heterocycles. The Labute approximate surface area is 133 Å². The fraction of sp³-hybridized carbons (Fsp3) is 0.600. The molecule has 1 unspecified atom stereocenters. The van der Waals surface area contributed by atoms with Crippen LogP contribution in [0.3, 0.4) is 0 Å². The van der Waals surface area contributed by atoms with Crippen molar-refractivity contribution in [2.24, 2.45) is 0 Å². The van der Waals surface area contributed by atoms with Crippen molar-refractivity contribution in [3.8, 4) is 0 Å². The van der Waals surface area contributed by atoms with Crippen LogP contribution in [0.25, 0.3) is 0 Å². The van der Waals surface area contributed by atoms with Crippen LogP contribution in [0.4, 0.5) is 23.8 Å². The van der Waals surface area contributed by atoms with Gasteiger partial charge in [0, 0.05) is 40.4 Å². The van der Waals surface area contributed by atoms with Crippen molar-refractivity contribution in [2.45, 2.75) is 25.1 Å². The summed E-state index contributed by atoms with van der Waals surface area (Å²) in [6.45, 7) is 1.11. The molecule has 0 N–H and O–H groups in total. The standard InChI is InChI=1S/C15H21F3N4O/c1-20(2)14(23)21(3)12-5-4-8-22(10-12)13-9-11(6-7-19-13)15(16,17)18/h6-7,9,12H,4-5,8,10H2,1-3H3. The quantitative estimate of drug-likeness (QED) is 0.837. The van der Waals surface area contributed by atoms with Crippen LogP contribution >= 0.6 is 0 Å². The summed E-state index contributed by atoms with van der Waals surface area (Å²) in [7, 11) is 5.07. The number of hydrogen-bond donors (Lipinski definition) is 0. The number of alkyl halides is 3. The third-order valence-electron chi connectivity index (χ3n) is 4.03. The second kappa shape index (κ2) is 6.64. The molecule has 0 bridgehead atoms. The zero-order valence-corrected chi connectivity index (χ0v) is 13.5. The first kappa shape index (κ1) is 17.4. The van der Waals surface area contributed by atoms with E-state index in [0.29, 0.717) is 18.9 Å². The van der Waals surface area contributed by atoms with Crippen LogP contribution < -0.4 is 4.90 Å². The Morgan fingerprint density at radius 3 is 2.65 bits per heavy atom. The van der Waals surface area contributed by atoms with Gasteiger partial charge >= 0.3 is 12.2 Å². The number of piperidine rings is 1. The number of pyridine rings is 1. The summed E-state index contributed by atoms with van der Waals surface area (Å²) in [5.74, 6) is 0.301. The van der Waals surface area contributed by atoms with E-state index in [1.807, 2.05) is 4.90 Å². The first-order chi connectivity index (χ1) is 10.7. The molecule has 2 heterocycles. The first-order valence-corrected chi connectivity index (χ1v) is 7.42. The van der Waals surface area contributed by atoms with E-state index < -0.39 is 11.7 Å². The number of rotatable bonds is 2. The van der Waals surface area contributed by atoms with E-state index in [2.05, 4.69) is 4.98 Å². The average molecular weight is 330 g/mol. The number of carbonyl (C=O) groups excluding carboxylic acids is 1. The molecule has 1 atom stereocenters. The molecule has 1 aromatic heterocycles. The summed E-state index contributed by atoms with van der Waals surface area (Å²) in [4.78, 5) is 21.0. The van der Waals surface area contributed by atoms with Crippen LogP contribution in [0.2, 0.25) is 0 Å². The van der Waals surface area contributed by atoms with Gasteiger partial charge in [-0.05, 0) is 25.0 Å². The van der Waals surface area contributed by atoms with E-state index in [9.17, 15) is 18.0 Å². The Balaban J connectivity index is 2.14. The number of likely N-dealkylation sites (N-methyl/N-ethyl adjacent to an activating group) is 1. The van der Waals surface area contributed by atoms with Crippen molar-refractivity contribution in [1.29, 1.82) is 0 Å². The number of nitrogens with zero attached hydrogens (tertiary/aromatic N) is 4. The molecule has 1 aromatic rings. The topological polar surface area (TPSA) is 39.7 Å². The van der Waals surface area contributed by atoms with Crippen molar-refractivity contribution in [2.75, 3.05) is 39.1 Å². The lowest BCUT2D eigenvalue weighted by Crippen LogP contribution is -2.51. The lowest BCUT2D eigenvalue weighted by atomic mass is 10.0. The number of urea groups is 1. The van der Waals surface area contributed by atoms with Gasteiger partial charge in [0.2, 0.25) is 0 Å². The highest BCUT2D eigenvalue weighted by atomic mass is 19.4. The molecule has 1 aliphatic heterocycles. The SMILES string of the molecule is CN(C)C(=O)N(C)C1CCCN(c2cc(C(F)(F)F)ccn2)C1. The van der Waals surface area contributed by atoms with Gasteiger partial charge < -0.3 is 14.7 Å². The lowest BCUT2D eigenvalue weighted by Gasteiger charge is -2.39. The largest absolute Gasteiger partial charge is 0.416 e. The molecule has 0 saturated carbocycles. The van der Waals surface area contributed by atoms with Crippen molar-refractivity contribution >= 4 is 11.8 Å². The molecule has 1 aliphatic rings. The molecular formula is C15H21F3N4O. The number of hydrogen-bond acceptors (Lipinski definition) is 3. The molecule has 0 radical (unpaired) electrons. The predicted molar refractivity (Wildman–Crippen MR) is 81.3 cm³/mol. The van der Waals surface area contributed by atoms with Crippen molar-refractivity contribution in [3.05, 3.63) is 23.9 Å². The van der Waals surface area contributed by atoms with E-state index >= 15 is 0 Å². The van der Waals surface area contributed by atoms with Gasteiger partial charge in [0.1, 0.15) is 5.82 Å². The average Bonchev–Trinajstić information content (AvgIpc) is 2.53. The molecule has 1 fully saturated rings. The van der Waals surface area contributed by atoms with Crippen molar-refractivity contribution in [1.82, 2.24) is 14.8 Å². The molecule has 128 valence electrons. The van der Waals surface area contributed by atoms with Gasteiger partial charge in [0.15, 0.2) is 0 Å². The summed E-state index contributed by atoms with van der Waals surface area (Å²) < 4.78 is 38.5. The first-order valence-electron chi connectivity index (χ1n) is 7.42. The van der Waals surface area contributed by atoms with E-state index in [-0.39, 0.29) is 12.1 Å². The van der Waals surface area contributed by atoms with Crippen molar-refractivity contribution in [3.63, 3.8) is 0 Å². The van der Waals surface area contributed by atoms with Gasteiger partial charge in [-0.3, -0.25) is 0 Å². The minimum Gasteiger partial charge on any atom is -0.355 e. The molecule has 8 heteroatoms. The summed E-state index contributed by atoms with van der Waals surface area (Å²) in [5.41, 5.74) is -0.706. The number of aromatic nitrogens is 1. The second-order valence-corrected chi connectivity index (χ2v) is 5.93. The number of amides is 2. The Kier molecular flexibility index (Phi) is 5.01. The Morgan fingerprint density at radius 1 is 1.35 bits per heavy atom. The van der Waals surface area contributed by atoms with Gasteiger partial charge in [-0.2, -0.15) is 13.2 Å². The van der Waals surface area contributed by atoms with Crippen LogP contribution in [-0.4, -0.2) is 61.1 Å². The second-order valence-electron chi connectivity index (χ2n) is 5.93. The normalized spacial score (nSPS) is 18.7.